The molecule has 33 heavy (non-hydrogen) atoms. The standard InChI is InChI=1S/C30H22BrNO/c31-30(20-18-23(19-21-30)22-8-2-1-3-9-22)33-25-16-14-24(15-17-25)32-28-12-6-4-10-26(28)27-11-5-7-13-29(27)32/h1-20H,21H2. The van der Waals surface area contributed by atoms with Crippen molar-refractivity contribution in [2.45, 2.75) is 10.9 Å². The van der Waals surface area contributed by atoms with Gasteiger partial charge in [-0.1, -0.05) is 78.9 Å². The first-order chi connectivity index (χ1) is 16.2. The van der Waals surface area contributed by atoms with Crippen molar-refractivity contribution in [3.63, 3.8) is 0 Å². The van der Waals surface area contributed by atoms with Crippen LogP contribution in [0.2, 0.25) is 0 Å². The summed E-state index contributed by atoms with van der Waals surface area (Å²) in [5, 5.41) is 2.53. The predicted molar refractivity (Wildman–Crippen MR) is 141 cm³/mol. The average Bonchev–Trinajstić information content (AvgIpc) is 3.20. The molecule has 0 saturated heterocycles. The predicted octanol–water partition coefficient (Wildman–Crippen LogP) is 8.30. The van der Waals surface area contributed by atoms with Crippen molar-refractivity contribution in [1.29, 1.82) is 0 Å². The molecule has 4 aromatic carbocycles. The highest BCUT2D eigenvalue weighted by molar-refractivity contribution is 9.10. The van der Waals surface area contributed by atoms with Crippen LogP contribution < -0.4 is 4.74 Å². The highest BCUT2D eigenvalue weighted by Crippen LogP contribution is 2.36. The number of nitrogens with zero attached hydrogens (tertiary/aromatic N) is 1. The van der Waals surface area contributed by atoms with Crippen molar-refractivity contribution in [1.82, 2.24) is 4.57 Å². The van der Waals surface area contributed by atoms with Gasteiger partial charge in [0, 0.05) is 22.9 Å². The molecule has 0 radical (unpaired) electrons. The fourth-order valence-corrected chi connectivity index (χ4v) is 5.06. The van der Waals surface area contributed by atoms with Crippen molar-refractivity contribution in [2.24, 2.45) is 0 Å². The van der Waals surface area contributed by atoms with E-state index in [1.165, 1.54) is 32.9 Å². The maximum Gasteiger partial charge on any atom is 0.185 e. The molecular formula is C30H22BrNO. The maximum atomic E-state index is 6.35. The monoisotopic (exact) mass is 491 g/mol. The van der Waals surface area contributed by atoms with E-state index in [4.69, 9.17) is 4.74 Å². The highest BCUT2D eigenvalue weighted by Gasteiger charge is 2.27. The maximum absolute atomic E-state index is 6.35. The van der Waals surface area contributed by atoms with E-state index in [0.29, 0.717) is 0 Å². The molecular weight excluding hydrogens is 470 g/mol. The van der Waals surface area contributed by atoms with Crippen LogP contribution in [0.25, 0.3) is 33.1 Å². The summed E-state index contributed by atoms with van der Waals surface area (Å²) in [7, 11) is 0. The van der Waals surface area contributed by atoms with Crippen molar-refractivity contribution in [2.75, 3.05) is 0 Å². The van der Waals surface area contributed by atoms with Gasteiger partial charge in [0.15, 0.2) is 4.51 Å². The lowest BCUT2D eigenvalue weighted by Gasteiger charge is -2.27. The lowest BCUT2D eigenvalue weighted by molar-refractivity contribution is 0.225. The molecule has 1 aliphatic carbocycles. The fraction of sp³-hybridized carbons (Fsp3) is 0.0667. The first-order valence-electron chi connectivity index (χ1n) is 11.1. The minimum atomic E-state index is -0.542. The quantitative estimate of drug-likeness (QED) is 0.230. The molecule has 1 atom stereocenters. The Morgan fingerprint density at radius 1 is 0.697 bits per heavy atom. The van der Waals surface area contributed by atoms with Gasteiger partial charge in [-0.15, -0.1) is 0 Å². The Hall–Kier alpha value is -3.56. The number of halogens is 1. The average molecular weight is 492 g/mol. The Morgan fingerprint density at radius 2 is 1.30 bits per heavy atom. The second kappa shape index (κ2) is 8.09. The Balaban J connectivity index is 1.28. The number of benzene rings is 4. The van der Waals surface area contributed by atoms with Crippen LogP contribution in [0.5, 0.6) is 5.75 Å². The van der Waals surface area contributed by atoms with E-state index in [-0.39, 0.29) is 0 Å². The molecule has 0 aliphatic heterocycles. The molecule has 0 spiro atoms. The zero-order valence-corrected chi connectivity index (χ0v) is 19.6. The molecule has 5 aromatic rings. The number of fused-ring (bicyclic) bond motifs is 3. The largest absolute Gasteiger partial charge is 0.472 e. The molecule has 1 heterocycles. The molecule has 0 saturated carbocycles. The molecule has 0 amide bonds. The van der Waals surface area contributed by atoms with E-state index in [0.717, 1.165) is 17.9 Å². The Bertz CT molecular complexity index is 1460. The number of hydrogen-bond acceptors (Lipinski definition) is 1. The SMILES string of the molecule is BrC1(Oc2ccc(-n3c4ccccc4c4ccccc43)cc2)C=CC(c2ccccc2)=CC1. The third kappa shape index (κ3) is 3.69. The summed E-state index contributed by atoms with van der Waals surface area (Å²) in [4.78, 5) is 0. The zero-order chi connectivity index (χ0) is 22.3. The normalized spacial score (nSPS) is 17.9. The molecule has 0 bridgehead atoms. The minimum absolute atomic E-state index is 0.542. The third-order valence-electron chi connectivity index (χ3n) is 6.18. The van der Waals surface area contributed by atoms with Gasteiger partial charge in [-0.05, 0) is 69.5 Å². The third-order valence-corrected chi connectivity index (χ3v) is 6.93. The van der Waals surface area contributed by atoms with Crippen LogP contribution in [0.15, 0.2) is 121 Å². The van der Waals surface area contributed by atoms with Gasteiger partial charge in [-0.3, -0.25) is 0 Å². The lowest BCUT2D eigenvalue weighted by Crippen LogP contribution is -2.26. The van der Waals surface area contributed by atoms with Gasteiger partial charge < -0.3 is 9.30 Å². The van der Waals surface area contributed by atoms with Gasteiger partial charge in [0.05, 0.1) is 11.0 Å². The number of allylic oxidation sites excluding steroid dienone is 2. The summed E-state index contributed by atoms with van der Waals surface area (Å²) < 4.78 is 8.12. The molecule has 0 fully saturated rings. The van der Waals surface area contributed by atoms with E-state index in [1.54, 1.807) is 0 Å². The summed E-state index contributed by atoms with van der Waals surface area (Å²) in [5.74, 6) is 0.831. The van der Waals surface area contributed by atoms with Gasteiger partial charge >= 0.3 is 0 Å². The summed E-state index contributed by atoms with van der Waals surface area (Å²) in [5.41, 5.74) is 5.97. The van der Waals surface area contributed by atoms with Crippen molar-refractivity contribution < 1.29 is 4.74 Å². The first kappa shape index (κ1) is 20.1. The number of rotatable bonds is 4. The van der Waals surface area contributed by atoms with Gasteiger partial charge in [-0.25, -0.2) is 0 Å². The number of alkyl halides is 1. The zero-order valence-electron chi connectivity index (χ0n) is 18.0. The number of para-hydroxylation sites is 2. The highest BCUT2D eigenvalue weighted by atomic mass is 79.9. The molecule has 1 unspecified atom stereocenters. The van der Waals surface area contributed by atoms with Crippen LogP contribution in [-0.2, 0) is 0 Å². The summed E-state index contributed by atoms with van der Waals surface area (Å²) >= 11 is 3.80. The van der Waals surface area contributed by atoms with Gasteiger partial charge in [0.2, 0.25) is 0 Å². The molecule has 1 aliphatic rings. The van der Waals surface area contributed by atoms with Gasteiger partial charge in [0.25, 0.3) is 0 Å². The smallest absolute Gasteiger partial charge is 0.185 e. The summed E-state index contributed by atoms with van der Waals surface area (Å²) in [6.07, 6.45) is 7.19. The van der Waals surface area contributed by atoms with Gasteiger partial charge in [0.1, 0.15) is 5.75 Å². The Morgan fingerprint density at radius 3 is 1.91 bits per heavy atom. The molecule has 0 N–H and O–H groups in total. The topological polar surface area (TPSA) is 14.2 Å². The molecule has 6 rings (SSSR count). The van der Waals surface area contributed by atoms with Crippen molar-refractivity contribution in [3.05, 3.63) is 127 Å². The van der Waals surface area contributed by atoms with Crippen molar-refractivity contribution >= 4 is 43.3 Å². The van der Waals surface area contributed by atoms with Crippen LogP contribution in [-0.4, -0.2) is 9.08 Å². The Kier molecular flexibility index (Phi) is 4.92. The Labute approximate surface area is 201 Å². The number of aromatic nitrogens is 1. The minimum Gasteiger partial charge on any atom is -0.472 e. The number of ether oxygens (including phenoxy) is 1. The molecule has 160 valence electrons. The van der Waals surface area contributed by atoms with E-state index in [9.17, 15) is 0 Å². The van der Waals surface area contributed by atoms with Crippen LogP contribution in [0.4, 0.5) is 0 Å². The van der Waals surface area contributed by atoms with Crippen LogP contribution in [0, 0.1) is 0 Å². The summed E-state index contributed by atoms with van der Waals surface area (Å²) in [6.45, 7) is 0. The second-order valence-corrected chi connectivity index (χ2v) is 9.66. The first-order valence-corrected chi connectivity index (χ1v) is 11.9. The molecule has 2 nitrogen and oxygen atoms in total. The molecule has 1 aromatic heterocycles. The molecule has 3 heteroatoms. The fourth-order valence-electron chi connectivity index (χ4n) is 4.58. The van der Waals surface area contributed by atoms with Gasteiger partial charge in [-0.2, -0.15) is 0 Å². The van der Waals surface area contributed by atoms with Crippen LogP contribution >= 0.6 is 15.9 Å². The van der Waals surface area contributed by atoms with Crippen LogP contribution in [0.3, 0.4) is 0 Å². The van der Waals surface area contributed by atoms with E-state index in [2.05, 4.69) is 124 Å². The van der Waals surface area contributed by atoms with E-state index in [1.807, 2.05) is 18.2 Å². The number of hydrogen-bond donors (Lipinski definition) is 0. The lowest BCUT2D eigenvalue weighted by atomic mass is 9.98. The van der Waals surface area contributed by atoms with E-state index >= 15 is 0 Å². The van der Waals surface area contributed by atoms with Crippen LogP contribution in [0.1, 0.15) is 12.0 Å². The summed E-state index contributed by atoms with van der Waals surface area (Å²) in [6, 6.07) is 35.9. The van der Waals surface area contributed by atoms with E-state index < -0.39 is 4.51 Å². The van der Waals surface area contributed by atoms with Crippen molar-refractivity contribution in [3.8, 4) is 11.4 Å². The second-order valence-electron chi connectivity index (χ2n) is 8.31.